The van der Waals surface area contributed by atoms with E-state index in [1.54, 1.807) is 0 Å². The van der Waals surface area contributed by atoms with Gasteiger partial charge in [0.05, 0.1) is 6.61 Å². The number of hydrogen-bond donors (Lipinski definition) is 3. The standard InChI is InChI=1S/C12H15N3O4/c1-19-7-6-14-11(17)12(18)15-9-4-2-8(3-5-9)10(13)16/h2-5H,6-7H2,1H3,(H2,13,16)(H,14,17)(H,15,18). The summed E-state index contributed by atoms with van der Waals surface area (Å²) in [6.07, 6.45) is 0. The molecule has 0 unspecified atom stereocenters. The lowest BCUT2D eigenvalue weighted by Crippen LogP contribution is -2.37. The summed E-state index contributed by atoms with van der Waals surface area (Å²) in [7, 11) is 1.49. The van der Waals surface area contributed by atoms with Crippen LogP contribution in [0.15, 0.2) is 24.3 Å². The predicted molar refractivity (Wildman–Crippen MR) is 68.5 cm³/mol. The van der Waals surface area contributed by atoms with Crippen LogP contribution in [0.4, 0.5) is 5.69 Å². The number of carbonyl (C=O) groups excluding carboxylic acids is 3. The van der Waals surface area contributed by atoms with Gasteiger partial charge in [0.2, 0.25) is 5.91 Å². The third kappa shape index (κ3) is 4.76. The summed E-state index contributed by atoms with van der Waals surface area (Å²) >= 11 is 0. The van der Waals surface area contributed by atoms with E-state index in [4.69, 9.17) is 10.5 Å². The van der Waals surface area contributed by atoms with Crippen LogP contribution in [-0.4, -0.2) is 38.0 Å². The van der Waals surface area contributed by atoms with Crippen molar-refractivity contribution < 1.29 is 19.1 Å². The fourth-order valence-electron chi connectivity index (χ4n) is 1.25. The van der Waals surface area contributed by atoms with Gasteiger partial charge in [0, 0.05) is 24.9 Å². The summed E-state index contributed by atoms with van der Waals surface area (Å²) in [5, 5.41) is 4.77. The van der Waals surface area contributed by atoms with Gasteiger partial charge in [-0.1, -0.05) is 0 Å². The smallest absolute Gasteiger partial charge is 0.313 e. The molecule has 0 aliphatic rings. The number of methoxy groups -OCH3 is 1. The molecule has 0 aromatic heterocycles. The van der Waals surface area contributed by atoms with E-state index in [-0.39, 0.29) is 6.54 Å². The minimum Gasteiger partial charge on any atom is -0.383 e. The second-order valence-corrected chi connectivity index (χ2v) is 3.64. The number of hydrogen-bond acceptors (Lipinski definition) is 4. The number of primary amides is 1. The second kappa shape index (κ2) is 7.12. The fourth-order valence-corrected chi connectivity index (χ4v) is 1.25. The number of benzene rings is 1. The molecular weight excluding hydrogens is 250 g/mol. The Morgan fingerprint density at radius 2 is 1.79 bits per heavy atom. The average Bonchev–Trinajstić information content (AvgIpc) is 2.39. The Morgan fingerprint density at radius 1 is 1.16 bits per heavy atom. The molecule has 0 aliphatic heterocycles. The van der Waals surface area contributed by atoms with Gasteiger partial charge in [0.1, 0.15) is 0 Å². The molecular formula is C12H15N3O4. The van der Waals surface area contributed by atoms with Crippen LogP contribution in [0.1, 0.15) is 10.4 Å². The van der Waals surface area contributed by atoms with Crippen LogP contribution in [0, 0.1) is 0 Å². The topological polar surface area (TPSA) is 111 Å². The van der Waals surface area contributed by atoms with Crippen LogP contribution in [-0.2, 0) is 14.3 Å². The van der Waals surface area contributed by atoms with Gasteiger partial charge in [-0.05, 0) is 24.3 Å². The lowest BCUT2D eigenvalue weighted by atomic mass is 10.2. The van der Waals surface area contributed by atoms with Crippen LogP contribution >= 0.6 is 0 Å². The molecule has 1 aromatic carbocycles. The molecule has 0 fully saturated rings. The number of anilines is 1. The van der Waals surface area contributed by atoms with Crippen molar-refractivity contribution in [2.24, 2.45) is 5.73 Å². The predicted octanol–water partition coefficient (Wildman–Crippen LogP) is -0.513. The number of ether oxygens (including phenoxy) is 1. The van der Waals surface area contributed by atoms with E-state index in [0.717, 1.165) is 0 Å². The SMILES string of the molecule is COCCNC(=O)C(=O)Nc1ccc(C(N)=O)cc1. The van der Waals surface area contributed by atoms with E-state index in [1.807, 2.05) is 0 Å². The van der Waals surface area contributed by atoms with Crippen LogP contribution in [0.25, 0.3) is 0 Å². The first kappa shape index (κ1) is 14.7. The van der Waals surface area contributed by atoms with Crippen molar-refractivity contribution in [1.82, 2.24) is 5.32 Å². The summed E-state index contributed by atoms with van der Waals surface area (Å²) in [5.74, 6) is -2.10. The highest BCUT2D eigenvalue weighted by Gasteiger charge is 2.12. The van der Waals surface area contributed by atoms with Gasteiger partial charge >= 0.3 is 11.8 Å². The Morgan fingerprint density at radius 3 is 2.32 bits per heavy atom. The Labute approximate surface area is 110 Å². The molecule has 0 bridgehead atoms. The molecule has 1 aromatic rings. The third-order valence-electron chi connectivity index (χ3n) is 2.23. The number of nitrogens with one attached hydrogen (secondary N) is 2. The summed E-state index contributed by atoms with van der Waals surface area (Å²) in [4.78, 5) is 33.7. The first-order chi connectivity index (χ1) is 9.04. The Kier molecular flexibility index (Phi) is 5.49. The van der Waals surface area contributed by atoms with Crippen molar-refractivity contribution in [2.45, 2.75) is 0 Å². The van der Waals surface area contributed by atoms with Crippen molar-refractivity contribution in [3.63, 3.8) is 0 Å². The van der Waals surface area contributed by atoms with Crippen LogP contribution in [0.3, 0.4) is 0 Å². The van der Waals surface area contributed by atoms with Gasteiger partial charge < -0.3 is 21.1 Å². The quantitative estimate of drug-likeness (QED) is 0.491. The van der Waals surface area contributed by atoms with E-state index in [1.165, 1.54) is 31.4 Å². The molecule has 0 spiro atoms. The summed E-state index contributed by atoms with van der Waals surface area (Å²) in [6.45, 7) is 0.579. The van der Waals surface area contributed by atoms with Crippen molar-refractivity contribution in [1.29, 1.82) is 0 Å². The van der Waals surface area contributed by atoms with Gasteiger partial charge in [-0.3, -0.25) is 14.4 Å². The maximum atomic E-state index is 11.5. The van der Waals surface area contributed by atoms with Gasteiger partial charge in [-0.25, -0.2) is 0 Å². The molecule has 7 heteroatoms. The fraction of sp³-hybridized carbons (Fsp3) is 0.250. The largest absolute Gasteiger partial charge is 0.383 e. The average molecular weight is 265 g/mol. The Balaban J connectivity index is 2.52. The molecule has 0 heterocycles. The minimum atomic E-state index is -0.789. The number of amides is 3. The van der Waals surface area contributed by atoms with E-state index in [2.05, 4.69) is 10.6 Å². The van der Waals surface area contributed by atoms with Crippen molar-refractivity contribution in [2.75, 3.05) is 25.6 Å². The van der Waals surface area contributed by atoms with Crippen molar-refractivity contribution in [3.05, 3.63) is 29.8 Å². The summed E-state index contributed by atoms with van der Waals surface area (Å²) in [6, 6.07) is 5.89. The molecule has 4 N–H and O–H groups in total. The molecule has 102 valence electrons. The van der Waals surface area contributed by atoms with Gasteiger partial charge in [0.15, 0.2) is 0 Å². The minimum absolute atomic E-state index is 0.253. The van der Waals surface area contributed by atoms with Crippen LogP contribution < -0.4 is 16.4 Å². The molecule has 3 amide bonds. The monoisotopic (exact) mass is 265 g/mol. The summed E-state index contributed by atoms with van der Waals surface area (Å²) < 4.78 is 4.74. The molecule has 0 saturated heterocycles. The van der Waals surface area contributed by atoms with Gasteiger partial charge in [-0.15, -0.1) is 0 Å². The molecule has 19 heavy (non-hydrogen) atoms. The molecule has 0 radical (unpaired) electrons. The van der Waals surface area contributed by atoms with Gasteiger partial charge in [0.25, 0.3) is 0 Å². The van der Waals surface area contributed by atoms with Crippen molar-refractivity contribution in [3.8, 4) is 0 Å². The van der Waals surface area contributed by atoms with Crippen LogP contribution in [0.5, 0.6) is 0 Å². The first-order valence-electron chi connectivity index (χ1n) is 5.52. The van der Waals surface area contributed by atoms with Crippen LogP contribution in [0.2, 0.25) is 0 Å². The maximum Gasteiger partial charge on any atom is 0.313 e. The lowest BCUT2D eigenvalue weighted by molar-refractivity contribution is -0.136. The highest BCUT2D eigenvalue weighted by Crippen LogP contribution is 2.08. The highest BCUT2D eigenvalue weighted by molar-refractivity contribution is 6.39. The zero-order valence-electron chi connectivity index (χ0n) is 10.4. The van der Waals surface area contributed by atoms with Gasteiger partial charge in [-0.2, -0.15) is 0 Å². The van der Waals surface area contributed by atoms with E-state index in [9.17, 15) is 14.4 Å². The highest BCUT2D eigenvalue weighted by atomic mass is 16.5. The Bertz CT molecular complexity index is 470. The zero-order valence-corrected chi connectivity index (χ0v) is 10.4. The Hall–Kier alpha value is -2.41. The maximum absolute atomic E-state index is 11.5. The number of rotatable bonds is 5. The molecule has 7 nitrogen and oxygen atoms in total. The lowest BCUT2D eigenvalue weighted by Gasteiger charge is -2.06. The zero-order chi connectivity index (χ0) is 14.3. The third-order valence-corrected chi connectivity index (χ3v) is 2.23. The van der Waals surface area contributed by atoms with Crippen molar-refractivity contribution >= 4 is 23.4 Å². The molecule has 1 rings (SSSR count). The van der Waals surface area contributed by atoms with E-state index < -0.39 is 17.7 Å². The normalized spacial score (nSPS) is 9.74. The second-order valence-electron chi connectivity index (χ2n) is 3.64. The summed E-state index contributed by atoms with van der Waals surface area (Å²) in [5.41, 5.74) is 5.80. The number of carbonyl (C=O) groups is 3. The molecule has 0 atom stereocenters. The first-order valence-corrected chi connectivity index (χ1v) is 5.52. The number of nitrogens with two attached hydrogens (primary N) is 1. The molecule has 0 saturated carbocycles. The van der Waals surface area contributed by atoms with E-state index in [0.29, 0.717) is 17.9 Å². The van der Waals surface area contributed by atoms with E-state index >= 15 is 0 Å². The molecule has 0 aliphatic carbocycles.